The topological polar surface area (TPSA) is 66.4 Å². The van der Waals surface area contributed by atoms with Gasteiger partial charge in [0.1, 0.15) is 0 Å². The van der Waals surface area contributed by atoms with E-state index in [4.69, 9.17) is 0 Å². The van der Waals surface area contributed by atoms with Crippen LogP contribution >= 0.6 is 0 Å². The van der Waals surface area contributed by atoms with Crippen molar-refractivity contribution in [2.24, 2.45) is 5.41 Å². The first-order chi connectivity index (χ1) is 9.21. The third-order valence-corrected chi connectivity index (χ3v) is 4.63. The van der Waals surface area contributed by atoms with E-state index in [9.17, 15) is 13.5 Å². The summed E-state index contributed by atoms with van der Waals surface area (Å²) < 4.78 is 26.2. The van der Waals surface area contributed by atoms with Crippen LogP contribution in [0.3, 0.4) is 0 Å². The second-order valence-electron chi connectivity index (χ2n) is 6.12. The SMILES string of the molecule is CC(C)(C)C(O)CCNS(=O)(=O)CCc1ccccc1. The first-order valence-electron chi connectivity index (χ1n) is 6.90. The summed E-state index contributed by atoms with van der Waals surface area (Å²) in [6.45, 7) is 6.07. The summed E-state index contributed by atoms with van der Waals surface area (Å²) in [6.07, 6.45) is 0.408. The fourth-order valence-corrected chi connectivity index (χ4v) is 2.83. The average molecular weight is 299 g/mol. The Labute approximate surface area is 122 Å². The number of hydrogen-bond acceptors (Lipinski definition) is 3. The van der Waals surface area contributed by atoms with Crippen molar-refractivity contribution in [3.05, 3.63) is 35.9 Å². The highest BCUT2D eigenvalue weighted by atomic mass is 32.2. The zero-order valence-corrected chi connectivity index (χ0v) is 13.3. The fourth-order valence-electron chi connectivity index (χ4n) is 1.75. The molecule has 5 heteroatoms. The maximum Gasteiger partial charge on any atom is 0.211 e. The summed E-state index contributed by atoms with van der Waals surface area (Å²) in [5, 5.41) is 9.86. The Morgan fingerprint density at radius 3 is 2.35 bits per heavy atom. The van der Waals surface area contributed by atoms with Gasteiger partial charge in [-0.15, -0.1) is 0 Å². The molecule has 0 aliphatic heterocycles. The van der Waals surface area contributed by atoms with Crippen molar-refractivity contribution in [3.63, 3.8) is 0 Å². The second-order valence-corrected chi connectivity index (χ2v) is 8.05. The van der Waals surface area contributed by atoms with E-state index in [1.807, 2.05) is 51.1 Å². The van der Waals surface area contributed by atoms with Crippen molar-refractivity contribution in [2.75, 3.05) is 12.3 Å². The lowest BCUT2D eigenvalue weighted by Crippen LogP contribution is -2.34. The maximum atomic E-state index is 11.8. The van der Waals surface area contributed by atoms with Crippen molar-refractivity contribution in [1.29, 1.82) is 0 Å². The number of rotatable bonds is 7. The van der Waals surface area contributed by atoms with Crippen molar-refractivity contribution in [2.45, 2.75) is 39.7 Å². The van der Waals surface area contributed by atoms with Crippen molar-refractivity contribution in [3.8, 4) is 0 Å². The van der Waals surface area contributed by atoms with Crippen LogP contribution in [0.15, 0.2) is 30.3 Å². The Hall–Kier alpha value is -0.910. The molecule has 0 aromatic heterocycles. The summed E-state index contributed by atoms with van der Waals surface area (Å²) in [7, 11) is -3.28. The van der Waals surface area contributed by atoms with E-state index in [2.05, 4.69) is 4.72 Å². The molecule has 0 saturated heterocycles. The number of nitrogens with one attached hydrogen (secondary N) is 1. The van der Waals surface area contributed by atoms with Gasteiger partial charge in [0.2, 0.25) is 10.0 Å². The lowest BCUT2D eigenvalue weighted by atomic mass is 9.87. The van der Waals surface area contributed by atoms with Crippen molar-refractivity contribution in [1.82, 2.24) is 4.72 Å². The molecule has 0 saturated carbocycles. The summed E-state index contributed by atoms with van der Waals surface area (Å²) in [5.41, 5.74) is 0.780. The van der Waals surface area contributed by atoms with E-state index in [0.717, 1.165) is 5.56 Å². The minimum atomic E-state index is -3.28. The molecule has 20 heavy (non-hydrogen) atoms. The van der Waals surface area contributed by atoms with Crippen LogP contribution in [0.25, 0.3) is 0 Å². The number of hydrogen-bond donors (Lipinski definition) is 2. The van der Waals surface area contributed by atoms with Gasteiger partial charge in [-0.05, 0) is 23.8 Å². The van der Waals surface area contributed by atoms with Gasteiger partial charge in [-0.25, -0.2) is 13.1 Å². The molecule has 1 atom stereocenters. The highest BCUT2D eigenvalue weighted by Crippen LogP contribution is 2.20. The molecule has 0 aliphatic rings. The molecule has 1 rings (SSSR count). The van der Waals surface area contributed by atoms with Crippen LogP contribution in [0.2, 0.25) is 0 Å². The average Bonchev–Trinajstić information content (AvgIpc) is 2.36. The molecule has 1 aromatic rings. The van der Waals surface area contributed by atoms with E-state index in [1.54, 1.807) is 0 Å². The fraction of sp³-hybridized carbons (Fsp3) is 0.600. The molecule has 0 aliphatic carbocycles. The van der Waals surface area contributed by atoms with Gasteiger partial charge in [-0.1, -0.05) is 51.1 Å². The van der Waals surface area contributed by atoms with E-state index < -0.39 is 16.1 Å². The van der Waals surface area contributed by atoms with Gasteiger partial charge in [0.25, 0.3) is 0 Å². The molecule has 1 aromatic carbocycles. The Balaban J connectivity index is 2.35. The van der Waals surface area contributed by atoms with Gasteiger partial charge in [-0.3, -0.25) is 0 Å². The zero-order valence-electron chi connectivity index (χ0n) is 12.5. The Bertz CT molecular complexity index is 492. The lowest BCUT2D eigenvalue weighted by molar-refractivity contribution is 0.0571. The predicted molar refractivity (Wildman–Crippen MR) is 82.0 cm³/mol. The van der Waals surface area contributed by atoms with Gasteiger partial charge < -0.3 is 5.11 Å². The number of sulfonamides is 1. The highest BCUT2D eigenvalue weighted by molar-refractivity contribution is 7.89. The highest BCUT2D eigenvalue weighted by Gasteiger charge is 2.22. The minimum absolute atomic E-state index is 0.0721. The van der Waals surface area contributed by atoms with Crippen LogP contribution in [-0.2, 0) is 16.4 Å². The van der Waals surface area contributed by atoms with E-state index in [-0.39, 0.29) is 17.7 Å². The van der Waals surface area contributed by atoms with E-state index in [1.165, 1.54) is 0 Å². The maximum absolute atomic E-state index is 11.8. The smallest absolute Gasteiger partial charge is 0.211 e. The molecule has 2 N–H and O–H groups in total. The molecule has 0 heterocycles. The van der Waals surface area contributed by atoms with Crippen molar-refractivity contribution < 1.29 is 13.5 Å². The van der Waals surface area contributed by atoms with Crippen LogP contribution in [0.4, 0.5) is 0 Å². The number of aryl methyl sites for hydroxylation is 1. The first-order valence-corrected chi connectivity index (χ1v) is 8.55. The Morgan fingerprint density at radius 2 is 1.80 bits per heavy atom. The molecule has 0 radical (unpaired) electrons. The molecule has 0 amide bonds. The molecular weight excluding hydrogens is 274 g/mol. The summed E-state index contributed by atoms with van der Waals surface area (Å²) in [4.78, 5) is 0. The van der Waals surface area contributed by atoms with Crippen molar-refractivity contribution >= 4 is 10.0 Å². The molecule has 0 fully saturated rings. The largest absolute Gasteiger partial charge is 0.393 e. The molecule has 0 bridgehead atoms. The number of aliphatic hydroxyl groups excluding tert-OH is 1. The predicted octanol–water partition coefficient (Wildman–Crippen LogP) is 1.95. The third kappa shape index (κ3) is 6.50. The third-order valence-electron chi connectivity index (χ3n) is 3.24. The van der Waals surface area contributed by atoms with Crippen LogP contribution in [0.5, 0.6) is 0 Å². The van der Waals surface area contributed by atoms with Crippen LogP contribution in [0.1, 0.15) is 32.8 Å². The Morgan fingerprint density at radius 1 is 1.20 bits per heavy atom. The van der Waals surface area contributed by atoms with Crippen LogP contribution in [-0.4, -0.2) is 31.9 Å². The number of aliphatic hydroxyl groups is 1. The van der Waals surface area contributed by atoms with Gasteiger partial charge in [0.15, 0.2) is 0 Å². The van der Waals surface area contributed by atoms with E-state index >= 15 is 0 Å². The normalized spacial score (nSPS) is 14.2. The molecule has 114 valence electrons. The number of benzene rings is 1. The summed E-state index contributed by atoms with van der Waals surface area (Å²) in [5.74, 6) is 0.0721. The van der Waals surface area contributed by atoms with Gasteiger partial charge in [0, 0.05) is 6.54 Å². The van der Waals surface area contributed by atoms with E-state index in [0.29, 0.717) is 12.8 Å². The standard InChI is InChI=1S/C15H25NO3S/c1-15(2,3)14(17)9-11-16-20(18,19)12-10-13-7-5-4-6-8-13/h4-8,14,16-17H,9-12H2,1-3H3. The zero-order chi connectivity index (χ0) is 15.2. The minimum Gasteiger partial charge on any atom is -0.393 e. The van der Waals surface area contributed by atoms with Gasteiger partial charge >= 0.3 is 0 Å². The molecule has 0 spiro atoms. The van der Waals surface area contributed by atoms with Gasteiger partial charge in [-0.2, -0.15) is 0 Å². The summed E-state index contributed by atoms with van der Waals surface area (Å²) >= 11 is 0. The van der Waals surface area contributed by atoms with Gasteiger partial charge in [0.05, 0.1) is 11.9 Å². The lowest BCUT2D eigenvalue weighted by Gasteiger charge is -2.25. The Kier molecular flexibility index (Phi) is 6.17. The molecule has 4 nitrogen and oxygen atoms in total. The first kappa shape index (κ1) is 17.1. The van der Waals surface area contributed by atoms with Crippen LogP contribution in [0, 0.1) is 5.41 Å². The monoisotopic (exact) mass is 299 g/mol. The van der Waals surface area contributed by atoms with Crippen LogP contribution < -0.4 is 4.72 Å². The molecular formula is C15H25NO3S. The molecule has 1 unspecified atom stereocenters. The second kappa shape index (κ2) is 7.20. The summed E-state index contributed by atoms with van der Waals surface area (Å²) in [6, 6.07) is 9.53. The quantitative estimate of drug-likeness (QED) is 0.808.